The Bertz CT molecular complexity index is 443. The van der Waals surface area contributed by atoms with Crippen molar-refractivity contribution in [3.63, 3.8) is 0 Å². The second-order valence-corrected chi connectivity index (χ2v) is 5.88. The van der Waals surface area contributed by atoms with E-state index >= 15 is 0 Å². The molecule has 20 heavy (non-hydrogen) atoms. The lowest BCUT2D eigenvalue weighted by Gasteiger charge is -2.15. The number of nitrogens with one attached hydrogen (secondary N) is 1. The summed E-state index contributed by atoms with van der Waals surface area (Å²) < 4.78 is 38.7. The van der Waals surface area contributed by atoms with Crippen LogP contribution in [0.25, 0.3) is 0 Å². The molecular weight excluding hydrogens is 333 g/mol. The van der Waals surface area contributed by atoms with Gasteiger partial charge < -0.3 is 10.2 Å². The molecule has 1 saturated heterocycles. The number of benzene rings is 1. The van der Waals surface area contributed by atoms with E-state index in [0.29, 0.717) is 16.6 Å². The SMILES string of the molecule is FC(F)(F)c1ccc(Br)c(CNCCN2CCCC2)c1. The van der Waals surface area contributed by atoms with Crippen LogP contribution in [0.2, 0.25) is 0 Å². The van der Waals surface area contributed by atoms with Crippen molar-refractivity contribution in [1.29, 1.82) is 0 Å². The number of nitrogens with zero attached hydrogens (tertiary/aromatic N) is 1. The Labute approximate surface area is 125 Å². The largest absolute Gasteiger partial charge is 0.416 e. The molecular formula is C14H18BrF3N2. The maximum Gasteiger partial charge on any atom is 0.416 e. The van der Waals surface area contributed by atoms with Crippen LogP contribution in [0, 0.1) is 0 Å². The topological polar surface area (TPSA) is 15.3 Å². The van der Waals surface area contributed by atoms with Gasteiger partial charge in [0.15, 0.2) is 0 Å². The molecule has 0 unspecified atom stereocenters. The van der Waals surface area contributed by atoms with Crippen LogP contribution < -0.4 is 5.32 Å². The molecule has 2 rings (SSSR count). The third-order valence-corrected chi connectivity index (χ3v) is 4.27. The molecule has 1 heterocycles. The zero-order valence-electron chi connectivity index (χ0n) is 11.1. The van der Waals surface area contributed by atoms with E-state index in [1.54, 1.807) is 0 Å². The van der Waals surface area contributed by atoms with Gasteiger partial charge >= 0.3 is 6.18 Å². The lowest BCUT2D eigenvalue weighted by Crippen LogP contribution is -2.29. The first-order chi connectivity index (χ1) is 9.47. The quantitative estimate of drug-likeness (QED) is 0.815. The summed E-state index contributed by atoms with van der Waals surface area (Å²) in [5, 5.41) is 3.21. The van der Waals surface area contributed by atoms with E-state index in [4.69, 9.17) is 0 Å². The molecule has 1 aromatic rings. The minimum atomic E-state index is -4.29. The number of hydrogen-bond donors (Lipinski definition) is 1. The van der Waals surface area contributed by atoms with E-state index < -0.39 is 11.7 Å². The smallest absolute Gasteiger partial charge is 0.311 e. The third kappa shape index (κ3) is 4.46. The van der Waals surface area contributed by atoms with E-state index in [0.717, 1.165) is 32.2 Å². The monoisotopic (exact) mass is 350 g/mol. The second-order valence-electron chi connectivity index (χ2n) is 5.03. The summed E-state index contributed by atoms with van der Waals surface area (Å²) >= 11 is 3.30. The predicted molar refractivity (Wildman–Crippen MR) is 76.5 cm³/mol. The molecule has 0 bridgehead atoms. The normalized spacial score (nSPS) is 16.8. The van der Waals surface area contributed by atoms with Crippen LogP contribution in [-0.2, 0) is 12.7 Å². The minimum Gasteiger partial charge on any atom is -0.311 e. The van der Waals surface area contributed by atoms with Gasteiger partial charge in [0.1, 0.15) is 0 Å². The standard InChI is InChI=1S/C14H18BrF3N2/c15-13-4-3-12(14(16,17)18)9-11(13)10-19-5-8-20-6-1-2-7-20/h3-4,9,19H,1-2,5-8,10H2. The predicted octanol–water partition coefficient (Wildman–Crippen LogP) is 3.65. The molecule has 0 atom stereocenters. The molecule has 112 valence electrons. The molecule has 0 radical (unpaired) electrons. The highest BCUT2D eigenvalue weighted by Crippen LogP contribution is 2.31. The van der Waals surface area contributed by atoms with Crippen molar-refractivity contribution in [2.45, 2.75) is 25.6 Å². The van der Waals surface area contributed by atoms with Gasteiger partial charge in [-0.1, -0.05) is 15.9 Å². The van der Waals surface area contributed by atoms with Crippen molar-refractivity contribution >= 4 is 15.9 Å². The fourth-order valence-electron chi connectivity index (χ4n) is 2.35. The van der Waals surface area contributed by atoms with E-state index in [9.17, 15) is 13.2 Å². The average Bonchev–Trinajstić information content (AvgIpc) is 2.88. The number of hydrogen-bond acceptors (Lipinski definition) is 2. The van der Waals surface area contributed by atoms with Gasteiger partial charge in [0.2, 0.25) is 0 Å². The summed E-state index contributed by atoms with van der Waals surface area (Å²) in [4.78, 5) is 2.37. The molecule has 1 N–H and O–H groups in total. The molecule has 0 aromatic heterocycles. The Hall–Kier alpha value is -0.590. The number of halogens is 4. The molecule has 0 saturated carbocycles. The van der Waals surface area contributed by atoms with Crippen LogP contribution in [0.3, 0.4) is 0 Å². The molecule has 2 nitrogen and oxygen atoms in total. The van der Waals surface area contributed by atoms with Crippen molar-refractivity contribution in [1.82, 2.24) is 10.2 Å². The molecule has 0 amide bonds. The van der Waals surface area contributed by atoms with Gasteiger partial charge in [0.05, 0.1) is 5.56 Å². The molecule has 1 aliphatic heterocycles. The molecule has 6 heteroatoms. The lowest BCUT2D eigenvalue weighted by atomic mass is 10.1. The fraction of sp³-hybridized carbons (Fsp3) is 0.571. The minimum absolute atomic E-state index is 0.443. The Balaban J connectivity index is 1.85. The Morgan fingerprint density at radius 1 is 1.20 bits per heavy atom. The zero-order valence-corrected chi connectivity index (χ0v) is 12.7. The van der Waals surface area contributed by atoms with Crippen LogP contribution in [0.15, 0.2) is 22.7 Å². The summed E-state index contributed by atoms with van der Waals surface area (Å²) in [5.41, 5.74) is 0.0401. The first kappa shape index (κ1) is 15.8. The molecule has 0 aliphatic carbocycles. The van der Waals surface area contributed by atoms with Crippen molar-refractivity contribution in [3.05, 3.63) is 33.8 Å². The van der Waals surface area contributed by atoms with Crippen LogP contribution in [0.1, 0.15) is 24.0 Å². The maximum absolute atomic E-state index is 12.6. The highest BCUT2D eigenvalue weighted by molar-refractivity contribution is 9.10. The fourth-order valence-corrected chi connectivity index (χ4v) is 2.74. The Morgan fingerprint density at radius 2 is 1.90 bits per heavy atom. The van der Waals surface area contributed by atoms with Gasteiger partial charge in [-0.25, -0.2) is 0 Å². The molecule has 1 aliphatic rings. The van der Waals surface area contributed by atoms with Gasteiger partial charge in [-0.15, -0.1) is 0 Å². The number of alkyl halides is 3. The van der Waals surface area contributed by atoms with Crippen molar-refractivity contribution in [3.8, 4) is 0 Å². The van der Waals surface area contributed by atoms with Gasteiger partial charge in [-0.2, -0.15) is 13.2 Å². The number of likely N-dealkylation sites (tertiary alicyclic amines) is 1. The van der Waals surface area contributed by atoms with Crippen molar-refractivity contribution in [2.75, 3.05) is 26.2 Å². The van der Waals surface area contributed by atoms with Crippen LogP contribution in [0.5, 0.6) is 0 Å². The lowest BCUT2D eigenvalue weighted by molar-refractivity contribution is -0.137. The Kier molecular flexibility index (Phi) is 5.46. The molecule has 1 aromatic carbocycles. The van der Waals surface area contributed by atoms with E-state index in [1.807, 2.05) is 0 Å². The second kappa shape index (κ2) is 6.91. The summed E-state index contributed by atoms with van der Waals surface area (Å²) in [6.07, 6.45) is -1.79. The van der Waals surface area contributed by atoms with E-state index in [-0.39, 0.29) is 0 Å². The van der Waals surface area contributed by atoms with E-state index in [1.165, 1.54) is 25.0 Å². The first-order valence-electron chi connectivity index (χ1n) is 6.75. The zero-order chi connectivity index (χ0) is 14.6. The summed E-state index contributed by atoms with van der Waals surface area (Å²) in [6.45, 7) is 4.46. The maximum atomic E-state index is 12.6. The van der Waals surface area contributed by atoms with Gasteiger partial charge in [-0.05, 0) is 49.7 Å². The first-order valence-corrected chi connectivity index (χ1v) is 7.55. The van der Waals surface area contributed by atoms with E-state index in [2.05, 4.69) is 26.1 Å². The number of rotatable bonds is 5. The van der Waals surface area contributed by atoms with Gasteiger partial charge in [-0.3, -0.25) is 0 Å². The van der Waals surface area contributed by atoms with Crippen LogP contribution in [-0.4, -0.2) is 31.1 Å². The van der Waals surface area contributed by atoms with Crippen LogP contribution in [0.4, 0.5) is 13.2 Å². The summed E-state index contributed by atoms with van der Waals surface area (Å²) in [7, 11) is 0. The van der Waals surface area contributed by atoms with Crippen molar-refractivity contribution in [2.24, 2.45) is 0 Å². The van der Waals surface area contributed by atoms with Crippen molar-refractivity contribution < 1.29 is 13.2 Å². The third-order valence-electron chi connectivity index (χ3n) is 3.49. The molecule has 0 spiro atoms. The average molecular weight is 351 g/mol. The van der Waals surface area contributed by atoms with Gasteiger partial charge in [0, 0.05) is 24.1 Å². The summed E-state index contributed by atoms with van der Waals surface area (Å²) in [5.74, 6) is 0. The highest BCUT2D eigenvalue weighted by atomic mass is 79.9. The summed E-state index contributed by atoms with van der Waals surface area (Å²) in [6, 6.07) is 3.76. The highest BCUT2D eigenvalue weighted by Gasteiger charge is 2.30. The van der Waals surface area contributed by atoms with Crippen LogP contribution >= 0.6 is 15.9 Å². The van der Waals surface area contributed by atoms with Gasteiger partial charge in [0.25, 0.3) is 0 Å². The molecule has 1 fully saturated rings. The Morgan fingerprint density at radius 3 is 2.55 bits per heavy atom.